The molecule has 3 heterocycles. The maximum Gasteiger partial charge on any atom is 0.151 e. The molecule has 1 N–H and O–H groups in total. The highest BCUT2D eigenvalue weighted by atomic mass is 15.3. The molecule has 1 fully saturated rings. The molecule has 0 atom stereocenters. The van der Waals surface area contributed by atoms with Crippen molar-refractivity contribution >= 4 is 11.6 Å². The summed E-state index contributed by atoms with van der Waals surface area (Å²) in [6.07, 6.45) is 4.74. The largest absolute Gasteiger partial charge is 0.368 e. The average molecular weight is 310 g/mol. The Morgan fingerprint density at radius 2 is 1.96 bits per heavy atom. The third-order valence-electron chi connectivity index (χ3n) is 4.71. The maximum absolute atomic E-state index is 4.37. The lowest BCUT2D eigenvalue weighted by atomic mass is 9.96. The lowest BCUT2D eigenvalue weighted by molar-refractivity contribution is 0.425. The van der Waals surface area contributed by atoms with E-state index in [9.17, 15) is 0 Å². The average Bonchev–Trinajstić information content (AvgIpc) is 2.55. The van der Waals surface area contributed by atoms with Gasteiger partial charge in [0, 0.05) is 25.6 Å². The molecule has 1 aliphatic carbocycles. The second-order valence-corrected chi connectivity index (χ2v) is 6.59. The predicted octanol–water partition coefficient (Wildman–Crippen LogP) is 2.00. The molecule has 0 spiro atoms. The van der Waals surface area contributed by atoms with Crippen molar-refractivity contribution in [1.82, 2.24) is 20.4 Å². The van der Waals surface area contributed by atoms with Crippen molar-refractivity contribution in [2.75, 3.05) is 29.9 Å². The van der Waals surface area contributed by atoms with Gasteiger partial charge >= 0.3 is 0 Å². The Bertz CT molecular complexity index is 678. The van der Waals surface area contributed by atoms with Crippen LogP contribution in [0.5, 0.6) is 0 Å². The second kappa shape index (κ2) is 6.10. The fourth-order valence-electron chi connectivity index (χ4n) is 3.27. The molecule has 120 valence electrons. The van der Waals surface area contributed by atoms with Gasteiger partial charge in [0.2, 0.25) is 0 Å². The third-order valence-corrected chi connectivity index (χ3v) is 4.71. The second-order valence-electron chi connectivity index (χ2n) is 6.59. The van der Waals surface area contributed by atoms with Crippen molar-refractivity contribution in [1.29, 1.82) is 0 Å². The van der Waals surface area contributed by atoms with Crippen LogP contribution in [0.15, 0.2) is 18.2 Å². The topological polar surface area (TPSA) is 66.8 Å². The van der Waals surface area contributed by atoms with E-state index >= 15 is 0 Å². The summed E-state index contributed by atoms with van der Waals surface area (Å²) in [4.78, 5) is 2.26. The van der Waals surface area contributed by atoms with E-state index in [0.29, 0.717) is 5.92 Å². The molecule has 0 saturated carbocycles. The fourth-order valence-corrected chi connectivity index (χ4v) is 3.27. The number of hydrogen-bond acceptors (Lipinski definition) is 6. The minimum atomic E-state index is 0.621. The molecule has 0 amide bonds. The Hall–Kier alpha value is -2.24. The molecule has 0 aromatic carbocycles. The van der Waals surface area contributed by atoms with Crippen molar-refractivity contribution in [3.05, 3.63) is 35.2 Å². The number of anilines is 2. The SMILES string of the molecule is Cc1ccc(N2CC(CNc3cc4c(nn3)CCCC4)C2)nn1. The Morgan fingerprint density at radius 3 is 2.78 bits per heavy atom. The van der Waals surface area contributed by atoms with Gasteiger partial charge in [-0.2, -0.15) is 10.2 Å². The van der Waals surface area contributed by atoms with Gasteiger partial charge in [0.1, 0.15) is 5.82 Å². The summed E-state index contributed by atoms with van der Waals surface area (Å²) in [5.74, 6) is 2.51. The summed E-state index contributed by atoms with van der Waals surface area (Å²) < 4.78 is 0. The zero-order valence-corrected chi connectivity index (χ0v) is 13.5. The van der Waals surface area contributed by atoms with Gasteiger partial charge in [0.05, 0.1) is 11.4 Å². The van der Waals surface area contributed by atoms with Crippen LogP contribution in [0.25, 0.3) is 0 Å². The molecule has 0 unspecified atom stereocenters. The fraction of sp³-hybridized carbons (Fsp3) is 0.529. The van der Waals surface area contributed by atoms with Gasteiger partial charge in [0.15, 0.2) is 5.82 Å². The van der Waals surface area contributed by atoms with E-state index in [1.165, 1.54) is 24.1 Å². The highest BCUT2D eigenvalue weighted by Crippen LogP contribution is 2.23. The molecular weight excluding hydrogens is 288 g/mol. The summed E-state index contributed by atoms with van der Waals surface area (Å²) in [6.45, 7) is 4.93. The van der Waals surface area contributed by atoms with Crippen LogP contribution < -0.4 is 10.2 Å². The van der Waals surface area contributed by atoms with Crippen LogP contribution in [-0.4, -0.2) is 40.0 Å². The number of aromatic nitrogens is 4. The van der Waals surface area contributed by atoms with Crippen LogP contribution in [-0.2, 0) is 12.8 Å². The van der Waals surface area contributed by atoms with Crippen LogP contribution in [0, 0.1) is 12.8 Å². The monoisotopic (exact) mass is 310 g/mol. The molecule has 2 aromatic rings. The van der Waals surface area contributed by atoms with Crippen LogP contribution in [0.1, 0.15) is 29.8 Å². The number of rotatable bonds is 4. The molecule has 2 aliphatic rings. The summed E-state index contributed by atoms with van der Waals surface area (Å²) in [5.41, 5.74) is 3.52. The zero-order valence-electron chi connectivity index (χ0n) is 13.5. The lowest BCUT2D eigenvalue weighted by Crippen LogP contribution is -2.50. The molecule has 2 aromatic heterocycles. The first-order valence-electron chi connectivity index (χ1n) is 8.42. The Labute approximate surface area is 136 Å². The Morgan fingerprint density at radius 1 is 1.09 bits per heavy atom. The van der Waals surface area contributed by atoms with Gasteiger partial charge in [-0.05, 0) is 56.4 Å². The van der Waals surface area contributed by atoms with Crippen LogP contribution >= 0.6 is 0 Å². The van der Waals surface area contributed by atoms with E-state index in [0.717, 1.165) is 49.8 Å². The summed E-state index contributed by atoms with van der Waals surface area (Å²) in [6, 6.07) is 6.24. The van der Waals surface area contributed by atoms with E-state index in [4.69, 9.17) is 0 Å². The standard InChI is InChI=1S/C17H22N6/c1-12-6-7-17(22-19-12)23-10-13(11-23)9-18-16-8-14-4-2-3-5-15(14)20-21-16/h6-8,13H,2-5,9-11H2,1H3,(H,18,21). The van der Waals surface area contributed by atoms with Crippen molar-refractivity contribution < 1.29 is 0 Å². The molecule has 0 bridgehead atoms. The smallest absolute Gasteiger partial charge is 0.151 e. The first-order chi connectivity index (χ1) is 11.3. The first kappa shape index (κ1) is 14.4. The van der Waals surface area contributed by atoms with Crippen LogP contribution in [0.4, 0.5) is 11.6 Å². The first-order valence-corrected chi connectivity index (χ1v) is 8.42. The van der Waals surface area contributed by atoms with Crippen molar-refractivity contribution in [2.45, 2.75) is 32.6 Å². The molecule has 6 nitrogen and oxygen atoms in total. The Balaban J connectivity index is 1.29. The van der Waals surface area contributed by atoms with Gasteiger partial charge in [-0.1, -0.05) is 0 Å². The summed E-state index contributed by atoms with van der Waals surface area (Å²) >= 11 is 0. The number of hydrogen-bond donors (Lipinski definition) is 1. The van der Waals surface area contributed by atoms with Crippen LogP contribution in [0.2, 0.25) is 0 Å². The quantitative estimate of drug-likeness (QED) is 0.932. The molecule has 0 radical (unpaired) electrons. The van der Waals surface area contributed by atoms with Gasteiger partial charge in [-0.15, -0.1) is 10.2 Å². The number of nitrogens with one attached hydrogen (secondary N) is 1. The normalized spacial score (nSPS) is 17.5. The summed E-state index contributed by atoms with van der Waals surface area (Å²) in [5, 5.41) is 20.5. The Kier molecular flexibility index (Phi) is 3.81. The van der Waals surface area contributed by atoms with Gasteiger partial charge in [-0.25, -0.2) is 0 Å². The maximum atomic E-state index is 4.37. The van der Waals surface area contributed by atoms with E-state index < -0.39 is 0 Å². The van der Waals surface area contributed by atoms with Crippen molar-refractivity contribution in [2.24, 2.45) is 5.92 Å². The molecule has 1 aliphatic heterocycles. The molecular formula is C17H22N6. The molecule has 1 saturated heterocycles. The molecule has 23 heavy (non-hydrogen) atoms. The van der Waals surface area contributed by atoms with E-state index in [-0.39, 0.29) is 0 Å². The van der Waals surface area contributed by atoms with Crippen molar-refractivity contribution in [3.63, 3.8) is 0 Å². The summed E-state index contributed by atoms with van der Waals surface area (Å²) in [7, 11) is 0. The minimum Gasteiger partial charge on any atom is -0.368 e. The van der Waals surface area contributed by atoms with Gasteiger partial charge in [-0.3, -0.25) is 0 Å². The van der Waals surface area contributed by atoms with Gasteiger partial charge < -0.3 is 10.2 Å². The predicted molar refractivity (Wildman–Crippen MR) is 89.6 cm³/mol. The lowest BCUT2D eigenvalue weighted by Gasteiger charge is -2.40. The number of fused-ring (bicyclic) bond motifs is 1. The van der Waals surface area contributed by atoms with E-state index in [2.05, 4.69) is 36.7 Å². The molecule has 6 heteroatoms. The highest BCUT2D eigenvalue weighted by Gasteiger charge is 2.27. The zero-order chi connectivity index (χ0) is 15.6. The number of nitrogens with zero attached hydrogens (tertiary/aromatic N) is 5. The minimum absolute atomic E-state index is 0.621. The van der Waals surface area contributed by atoms with Crippen LogP contribution in [0.3, 0.4) is 0 Å². The van der Waals surface area contributed by atoms with E-state index in [1.54, 1.807) is 0 Å². The third kappa shape index (κ3) is 3.11. The highest BCUT2D eigenvalue weighted by molar-refractivity contribution is 5.42. The molecule has 4 rings (SSSR count). The van der Waals surface area contributed by atoms with E-state index in [1.807, 2.05) is 19.1 Å². The van der Waals surface area contributed by atoms with Crippen molar-refractivity contribution in [3.8, 4) is 0 Å². The van der Waals surface area contributed by atoms with Gasteiger partial charge in [0.25, 0.3) is 0 Å². The number of aryl methyl sites for hydroxylation is 3.